The van der Waals surface area contributed by atoms with Gasteiger partial charge in [0.15, 0.2) is 0 Å². The van der Waals surface area contributed by atoms with Gasteiger partial charge >= 0.3 is 0 Å². The second-order valence-electron chi connectivity index (χ2n) is 4.32. The summed E-state index contributed by atoms with van der Waals surface area (Å²) in [5, 5.41) is 2.96. The lowest BCUT2D eigenvalue weighted by Gasteiger charge is -2.05. The zero-order valence-corrected chi connectivity index (χ0v) is 11.4. The molecule has 0 aliphatic heterocycles. The molecular weight excluding hydrogens is 266 g/mol. The second-order valence-corrected chi connectivity index (χ2v) is 6.58. The smallest absolute Gasteiger partial charge is 0.258 e. The van der Waals surface area contributed by atoms with Crippen molar-refractivity contribution in [2.75, 3.05) is 18.6 Å². The van der Waals surface area contributed by atoms with Gasteiger partial charge in [-0.3, -0.25) is 9.20 Å². The number of hydrogen-bond donors (Lipinski definition) is 1. The summed E-state index contributed by atoms with van der Waals surface area (Å²) in [5.41, 5.74) is 1.03. The molecule has 0 unspecified atom stereocenters. The second kappa shape index (κ2) is 5.50. The van der Waals surface area contributed by atoms with Gasteiger partial charge in [0, 0.05) is 31.6 Å². The predicted octanol–water partition coefficient (Wildman–Crippen LogP) is -0.171. The van der Waals surface area contributed by atoms with E-state index >= 15 is 0 Å². The van der Waals surface area contributed by atoms with E-state index in [1.54, 1.807) is 18.3 Å². The Morgan fingerprint density at radius 1 is 1.37 bits per heavy atom. The molecular formula is C12H15N3O3S. The zero-order valence-electron chi connectivity index (χ0n) is 10.5. The third-order valence-electron chi connectivity index (χ3n) is 2.58. The number of rotatable bonds is 5. The van der Waals surface area contributed by atoms with Crippen LogP contribution in [0.4, 0.5) is 0 Å². The number of fused-ring (bicyclic) bond motifs is 1. The van der Waals surface area contributed by atoms with E-state index in [2.05, 4.69) is 10.3 Å². The zero-order chi connectivity index (χ0) is 13.9. The SMILES string of the molecule is CS(=O)(=O)CCNCc1cc(=O)n2ccccc2n1. The van der Waals surface area contributed by atoms with Crippen molar-refractivity contribution in [1.29, 1.82) is 0 Å². The molecule has 0 saturated heterocycles. The van der Waals surface area contributed by atoms with Crippen LogP contribution in [-0.4, -0.2) is 36.4 Å². The van der Waals surface area contributed by atoms with Gasteiger partial charge < -0.3 is 5.32 Å². The van der Waals surface area contributed by atoms with Gasteiger partial charge in [-0.15, -0.1) is 0 Å². The largest absolute Gasteiger partial charge is 0.310 e. The summed E-state index contributed by atoms with van der Waals surface area (Å²) in [6, 6.07) is 6.77. The molecule has 6 nitrogen and oxygen atoms in total. The lowest BCUT2D eigenvalue weighted by molar-refractivity contribution is 0.595. The highest BCUT2D eigenvalue weighted by atomic mass is 32.2. The molecule has 0 aliphatic rings. The minimum absolute atomic E-state index is 0.0690. The molecule has 2 aromatic heterocycles. The summed E-state index contributed by atoms with van der Waals surface area (Å²) in [5.74, 6) is 0.0690. The maximum atomic E-state index is 11.8. The lowest BCUT2D eigenvalue weighted by Crippen LogP contribution is -2.24. The Labute approximate surface area is 111 Å². The van der Waals surface area contributed by atoms with E-state index < -0.39 is 9.84 Å². The van der Waals surface area contributed by atoms with Gasteiger partial charge in [0.05, 0.1) is 11.4 Å². The van der Waals surface area contributed by atoms with Gasteiger partial charge in [0.1, 0.15) is 15.5 Å². The highest BCUT2D eigenvalue weighted by molar-refractivity contribution is 7.90. The normalized spacial score (nSPS) is 11.8. The topological polar surface area (TPSA) is 80.5 Å². The average Bonchev–Trinajstić information content (AvgIpc) is 2.34. The van der Waals surface area contributed by atoms with E-state index in [4.69, 9.17) is 0 Å². The maximum Gasteiger partial charge on any atom is 0.258 e. The molecule has 0 amide bonds. The fourth-order valence-electron chi connectivity index (χ4n) is 1.67. The van der Waals surface area contributed by atoms with Crippen LogP contribution >= 0.6 is 0 Å². The molecule has 0 fully saturated rings. The quantitative estimate of drug-likeness (QED) is 0.770. The van der Waals surface area contributed by atoms with Gasteiger partial charge in [-0.1, -0.05) is 6.07 Å². The van der Waals surface area contributed by atoms with Crippen LogP contribution in [0.3, 0.4) is 0 Å². The van der Waals surface area contributed by atoms with Crippen LogP contribution in [0.15, 0.2) is 35.3 Å². The third-order valence-corrected chi connectivity index (χ3v) is 3.53. The molecule has 7 heteroatoms. The van der Waals surface area contributed by atoms with Crippen LogP contribution in [0.1, 0.15) is 5.69 Å². The Kier molecular flexibility index (Phi) is 3.96. The van der Waals surface area contributed by atoms with Gasteiger partial charge in [0.25, 0.3) is 5.56 Å². The number of hydrogen-bond acceptors (Lipinski definition) is 5. The van der Waals surface area contributed by atoms with Crippen molar-refractivity contribution < 1.29 is 8.42 Å². The molecule has 0 saturated carbocycles. The van der Waals surface area contributed by atoms with Crippen LogP contribution < -0.4 is 10.9 Å². The minimum Gasteiger partial charge on any atom is -0.310 e. The van der Waals surface area contributed by atoms with Crippen molar-refractivity contribution in [2.24, 2.45) is 0 Å². The molecule has 2 heterocycles. The monoisotopic (exact) mass is 281 g/mol. The van der Waals surface area contributed by atoms with Gasteiger partial charge in [-0.25, -0.2) is 13.4 Å². The Balaban J connectivity index is 2.08. The van der Waals surface area contributed by atoms with Crippen LogP contribution in [0.25, 0.3) is 5.65 Å². The molecule has 0 spiro atoms. The van der Waals surface area contributed by atoms with Crippen molar-refractivity contribution >= 4 is 15.5 Å². The Morgan fingerprint density at radius 2 is 2.16 bits per heavy atom. The van der Waals surface area contributed by atoms with Crippen LogP contribution in [-0.2, 0) is 16.4 Å². The lowest BCUT2D eigenvalue weighted by atomic mass is 10.3. The molecule has 2 aromatic rings. The fraction of sp³-hybridized carbons (Fsp3) is 0.333. The van der Waals surface area contributed by atoms with Crippen molar-refractivity contribution in [3.8, 4) is 0 Å². The first-order valence-electron chi connectivity index (χ1n) is 5.81. The summed E-state index contributed by atoms with van der Waals surface area (Å²) in [4.78, 5) is 16.1. The molecule has 0 bridgehead atoms. The summed E-state index contributed by atoms with van der Waals surface area (Å²) in [7, 11) is -2.97. The van der Waals surface area contributed by atoms with Crippen molar-refractivity contribution in [1.82, 2.24) is 14.7 Å². The van der Waals surface area contributed by atoms with Crippen molar-refractivity contribution in [3.63, 3.8) is 0 Å². The molecule has 102 valence electrons. The summed E-state index contributed by atoms with van der Waals surface area (Å²) in [6.45, 7) is 0.713. The number of aromatic nitrogens is 2. The molecule has 0 aliphatic carbocycles. The predicted molar refractivity (Wildman–Crippen MR) is 72.9 cm³/mol. The van der Waals surface area contributed by atoms with E-state index in [-0.39, 0.29) is 11.3 Å². The highest BCUT2D eigenvalue weighted by Gasteiger charge is 2.03. The Morgan fingerprint density at radius 3 is 2.89 bits per heavy atom. The Bertz CT molecular complexity index is 737. The first kappa shape index (κ1) is 13.7. The van der Waals surface area contributed by atoms with Gasteiger partial charge in [0.2, 0.25) is 0 Å². The molecule has 0 aromatic carbocycles. The number of nitrogens with one attached hydrogen (secondary N) is 1. The number of nitrogens with zero attached hydrogens (tertiary/aromatic N) is 2. The van der Waals surface area contributed by atoms with Crippen molar-refractivity contribution in [3.05, 3.63) is 46.5 Å². The highest BCUT2D eigenvalue weighted by Crippen LogP contribution is 1.98. The van der Waals surface area contributed by atoms with E-state index in [9.17, 15) is 13.2 Å². The summed E-state index contributed by atoms with van der Waals surface area (Å²) in [6.07, 6.45) is 2.85. The minimum atomic E-state index is -2.97. The standard InChI is InChI=1S/C12H15N3O3S/c1-19(17,18)7-5-13-9-10-8-12(16)15-6-3-2-4-11(15)14-10/h2-4,6,8,13H,5,7,9H2,1H3. The van der Waals surface area contributed by atoms with E-state index in [1.165, 1.54) is 16.7 Å². The van der Waals surface area contributed by atoms with E-state index in [1.807, 2.05) is 6.07 Å². The summed E-state index contributed by atoms with van der Waals surface area (Å²) < 4.78 is 23.4. The first-order valence-corrected chi connectivity index (χ1v) is 7.87. The van der Waals surface area contributed by atoms with Crippen LogP contribution in [0.5, 0.6) is 0 Å². The first-order chi connectivity index (χ1) is 8.96. The number of sulfone groups is 1. The average molecular weight is 281 g/mol. The molecule has 0 atom stereocenters. The molecule has 19 heavy (non-hydrogen) atoms. The molecule has 1 N–H and O–H groups in total. The maximum absolute atomic E-state index is 11.8. The van der Waals surface area contributed by atoms with Crippen LogP contribution in [0.2, 0.25) is 0 Å². The van der Waals surface area contributed by atoms with Crippen LogP contribution in [0, 0.1) is 0 Å². The fourth-order valence-corrected chi connectivity index (χ4v) is 2.18. The van der Waals surface area contributed by atoms with E-state index in [0.29, 0.717) is 24.4 Å². The molecule has 2 rings (SSSR count). The molecule has 0 radical (unpaired) electrons. The third kappa shape index (κ3) is 3.87. The Hall–Kier alpha value is -1.73. The van der Waals surface area contributed by atoms with Gasteiger partial charge in [-0.2, -0.15) is 0 Å². The number of pyridine rings is 1. The summed E-state index contributed by atoms with van der Waals surface area (Å²) >= 11 is 0. The van der Waals surface area contributed by atoms with Gasteiger partial charge in [-0.05, 0) is 12.1 Å². The van der Waals surface area contributed by atoms with E-state index in [0.717, 1.165) is 0 Å². The van der Waals surface area contributed by atoms with Crippen molar-refractivity contribution in [2.45, 2.75) is 6.54 Å².